The van der Waals surface area contributed by atoms with E-state index in [1.807, 2.05) is 19.1 Å². The number of phenols is 1. The largest absolute Gasteiger partial charge is 0.504 e. The minimum atomic E-state index is 0.249. The number of thiol groups is 1. The molecule has 72 valence electrons. The lowest BCUT2D eigenvalue weighted by molar-refractivity contribution is 0.317. The molecule has 0 radical (unpaired) electrons. The monoisotopic (exact) mass is 198 g/mol. The molecular formula is C10H14O2S. The van der Waals surface area contributed by atoms with Gasteiger partial charge < -0.3 is 9.84 Å². The van der Waals surface area contributed by atoms with Crippen LogP contribution in [0.2, 0.25) is 0 Å². The second kappa shape index (κ2) is 5.02. The molecule has 0 aliphatic heterocycles. The van der Waals surface area contributed by atoms with E-state index in [4.69, 9.17) is 4.74 Å². The normalized spacial score (nSPS) is 10.0. The zero-order valence-corrected chi connectivity index (χ0v) is 8.55. The molecule has 0 saturated heterocycles. The number of ether oxygens (including phenoxy) is 1. The van der Waals surface area contributed by atoms with E-state index in [1.54, 1.807) is 6.07 Å². The number of para-hydroxylation sites is 1. The van der Waals surface area contributed by atoms with Crippen LogP contribution in [-0.2, 0) is 6.42 Å². The summed E-state index contributed by atoms with van der Waals surface area (Å²) in [6, 6.07) is 5.53. The summed E-state index contributed by atoms with van der Waals surface area (Å²) in [4.78, 5) is 0. The van der Waals surface area contributed by atoms with Crippen LogP contribution in [0.5, 0.6) is 11.5 Å². The Morgan fingerprint density at radius 1 is 1.46 bits per heavy atom. The summed E-state index contributed by atoms with van der Waals surface area (Å²) >= 11 is 4.11. The Balaban J connectivity index is 2.89. The van der Waals surface area contributed by atoms with Crippen molar-refractivity contribution in [3.63, 3.8) is 0 Å². The van der Waals surface area contributed by atoms with E-state index < -0.39 is 0 Å². The van der Waals surface area contributed by atoms with E-state index in [0.717, 1.165) is 17.7 Å². The van der Waals surface area contributed by atoms with E-state index in [1.165, 1.54) is 0 Å². The minimum Gasteiger partial charge on any atom is -0.504 e. The second-order valence-corrected chi connectivity index (χ2v) is 3.12. The molecule has 0 amide bonds. The summed E-state index contributed by atoms with van der Waals surface area (Å²) in [6.45, 7) is 2.46. The molecule has 1 N–H and O–H groups in total. The zero-order chi connectivity index (χ0) is 9.68. The van der Waals surface area contributed by atoms with E-state index in [9.17, 15) is 5.11 Å². The first kappa shape index (κ1) is 10.3. The lowest BCUT2D eigenvalue weighted by atomic mass is 10.1. The van der Waals surface area contributed by atoms with Gasteiger partial charge in [0, 0.05) is 0 Å². The van der Waals surface area contributed by atoms with Gasteiger partial charge in [-0.05, 0) is 30.7 Å². The van der Waals surface area contributed by atoms with Crippen molar-refractivity contribution in [2.45, 2.75) is 13.3 Å². The van der Waals surface area contributed by atoms with Crippen molar-refractivity contribution in [1.82, 2.24) is 0 Å². The fourth-order valence-corrected chi connectivity index (χ4v) is 1.40. The molecule has 0 aromatic heterocycles. The highest BCUT2D eigenvalue weighted by Gasteiger charge is 2.05. The molecular weight excluding hydrogens is 184 g/mol. The third kappa shape index (κ3) is 2.56. The van der Waals surface area contributed by atoms with Crippen molar-refractivity contribution >= 4 is 12.6 Å². The van der Waals surface area contributed by atoms with Crippen LogP contribution in [0.3, 0.4) is 0 Å². The van der Waals surface area contributed by atoms with Crippen molar-refractivity contribution in [2.75, 3.05) is 12.4 Å². The molecule has 1 aromatic carbocycles. The Bertz CT molecular complexity index is 249. The van der Waals surface area contributed by atoms with Gasteiger partial charge in [-0.3, -0.25) is 0 Å². The Hall–Kier alpha value is -0.830. The molecule has 2 nitrogen and oxygen atoms in total. The van der Waals surface area contributed by atoms with Gasteiger partial charge in [-0.15, -0.1) is 0 Å². The number of phenolic OH excluding ortho intramolecular Hbond substituents is 1. The molecule has 0 bridgehead atoms. The Labute approximate surface area is 84.0 Å². The smallest absolute Gasteiger partial charge is 0.161 e. The predicted octanol–water partition coefficient (Wildman–Crippen LogP) is 2.26. The van der Waals surface area contributed by atoms with E-state index >= 15 is 0 Å². The van der Waals surface area contributed by atoms with Crippen LogP contribution in [0.1, 0.15) is 12.5 Å². The van der Waals surface area contributed by atoms with Gasteiger partial charge in [0.1, 0.15) is 0 Å². The van der Waals surface area contributed by atoms with Gasteiger partial charge in [0.15, 0.2) is 11.5 Å². The fourth-order valence-electron chi connectivity index (χ4n) is 1.16. The molecule has 0 unspecified atom stereocenters. The summed E-state index contributed by atoms with van der Waals surface area (Å²) in [5.41, 5.74) is 0.890. The van der Waals surface area contributed by atoms with Crippen LogP contribution in [-0.4, -0.2) is 17.5 Å². The highest BCUT2D eigenvalue weighted by molar-refractivity contribution is 7.80. The Morgan fingerprint density at radius 3 is 2.85 bits per heavy atom. The Morgan fingerprint density at radius 2 is 2.23 bits per heavy atom. The fraction of sp³-hybridized carbons (Fsp3) is 0.400. The third-order valence-corrected chi connectivity index (χ3v) is 1.99. The maximum absolute atomic E-state index is 9.69. The maximum atomic E-state index is 9.69. The van der Waals surface area contributed by atoms with Crippen LogP contribution < -0.4 is 4.74 Å². The molecule has 0 fully saturated rings. The van der Waals surface area contributed by atoms with E-state index in [0.29, 0.717) is 12.4 Å². The average molecular weight is 198 g/mol. The molecule has 0 saturated carbocycles. The number of benzene rings is 1. The minimum absolute atomic E-state index is 0.249. The average Bonchev–Trinajstić information content (AvgIpc) is 2.13. The zero-order valence-electron chi connectivity index (χ0n) is 7.66. The van der Waals surface area contributed by atoms with Crippen LogP contribution in [0.4, 0.5) is 0 Å². The summed E-state index contributed by atoms with van der Waals surface area (Å²) < 4.78 is 5.25. The number of rotatable bonds is 4. The number of aromatic hydroxyl groups is 1. The molecule has 13 heavy (non-hydrogen) atoms. The first-order chi connectivity index (χ1) is 6.29. The predicted molar refractivity (Wildman–Crippen MR) is 56.8 cm³/mol. The highest BCUT2D eigenvalue weighted by Crippen LogP contribution is 2.29. The molecule has 0 heterocycles. The van der Waals surface area contributed by atoms with E-state index in [-0.39, 0.29) is 5.75 Å². The lowest BCUT2D eigenvalue weighted by Crippen LogP contribution is -1.94. The van der Waals surface area contributed by atoms with Gasteiger partial charge in [0.2, 0.25) is 0 Å². The van der Waals surface area contributed by atoms with Gasteiger partial charge in [0.25, 0.3) is 0 Å². The van der Waals surface area contributed by atoms with Crippen molar-refractivity contribution in [3.05, 3.63) is 23.8 Å². The van der Waals surface area contributed by atoms with Crippen LogP contribution in [0.15, 0.2) is 18.2 Å². The van der Waals surface area contributed by atoms with Crippen molar-refractivity contribution in [2.24, 2.45) is 0 Å². The molecule has 0 aliphatic carbocycles. The standard InChI is InChI=1S/C10H14O2S/c1-2-12-9-5-3-4-8(6-7-13)10(9)11/h3-5,11,13H,2,6-7H2,1H3. The van der Waals surface area contributed by atoms with Gasteiger partial charge >= 0.3 is 0 Å². The number of hydrogen-bond donors (Lipinski definition) is 2. The molecule has 0 aliphatic rings. The summed E-state index contributed by atoms with van der Waals surface area (Å²) in [5.74, 6) is 1.53. The SMILES string of the molecule is CCOc1cccc(CCS)c1O. The van der Waals surface area contributed by atoms with Gasteiger partial charge in [-0.2, -0.15) is 12.6 Å². The van der Waals surface area contributed by atoms with Gasteiger partial charge in [-0.1, -0.05) is 12.1 Å². The van der Waals surface area contributed by atoms with Gasteiger partial charge in [-0.25, -0.2) is 0 Å². The molecule has 0 spiro atoms. The second-order valence-electron chi connectivity index (χ2n) is 2.67. The summed E-state index contributed by atoms with van der Waals surface area (Å²) in [5, 5.41) is 9.69. The third-order valence-electron chi connectivity index (χ3n) is 1.76. The molecule has 1 rings (SSSR count). The van der Waals surface area contributed by atoms with E-state index in [2.05, 4.69) is 12.6 Å². The van der Waals surface area contributed by atoms with Crippen LogP contribution in [0.25, 0.3) is 0 Å². The van der Waals surface area contributed by atoms with Crippen LogP contribution >= 0.6 is 12.6 Å². The first-order valence-corrected chi connectivity index (χ1v) is 4.97. The first-order valence-electron chi connectivity index (χ1n) is 4.34. The molecule has 3 heteroatoms. The van der Waals surface area contributed by atoms with Crippen molar-refractivity contribution < 1.29 is 9.84 Å². The lowest BCUT2D eigenvalue weighted by Gasteiger charge is -2.08. The van der Waals surface area contributed by atoms with Gasteiger partial charge in [0.05, 0.1) is 6.61 Å². The number of hydrogen-bond acceptors (Lipinski definition) is 3. The highest BCUT2D eigenvalue weighted by atomic mass is 32.1. The maximum Gasteiger partial charge on any atom is 0.161 e. The van der Waals surface area contributed by atoms with Crippen molar-refractivity contribution in [3.8, 4) is 11.5 Å². The van der Waals surface area contributed by atoms with Crippen LogP contribution in [0, 0.1) is 0 Å². The molecule has 0 atom stereocenters. The quantitative estimate of drug-likeness (QED) is 0.727. The summed E-state index contributed by atoms with van der Waals surface area (Å²) in [7, 11) is 0. The topological polar surface area (TPSA) is 29.5 Å². The summed E-state index contributed by atoms with van der Waals surface area (Å²) in [6.07, 6.45) is 0.760. The molecule has 1 aromatic rings. The number of aryl methyl sites for hydroxylation is 1. The van der Waals surface area contributed by atoms with Crippen molar-refractivity contribution in [1.29, 1.82) is 0 Å². The Kier molecular flexibility index (Phi) is 3.96.